The van der Waals surface area contributed by atoms with E-state index in [9.17, 15) is 18.0 Å². The predicted octanol–water partition coefficient (Wildman–Crippen LogP) is 1.71. The second-order valence-electron chi connectivity index (χ2n) is 4.70. The van der Waals surface area contributed by atoms with Gasteiger partial charge in [-0.15, -0.1) is 0 Å². The number of halogens is 3. The fourth-order valence-electron chi connectivity index (χ4n) is 2.10. The average Bonchev–Trinajstić information content (AvgIpc) is 2.25. The minimum Gasteiger partial charge on any atom is -0.382 e. The molecule has 1 aliphatic carbocycles. The van der Waals surface area contributed by atoms with Crippen molar-refractivity contribution in [3.63, 3.8) is 0 Å². The molecule has 4 nitrogen and oxygen atoms in total. The molecule has 0 unspecified atom stereocenters. The lowest BCUT2D eigenvalue weighted by Crippen LogP contribution is -2.44. The molecule has 1 amide bonds. The Morgan fingerprint density at radius 3 is 2.42 bits per heavy atom. The van der Waals surface area contributed by atoms with Crippen LogP contribution < -0.4 is 16.8 Å². The molecule has 7 heteroatoms. The molecular weight excluding hydrogens is 259 g/mol. The highest BCUT2D eigenvalue weighted by atomic mass is 19.4. The van der Waals surface area contributed by atoms with Crippen LogP contribution in [0.5, 0.6) is 0 Å². The molecule has 0 atom stereocenters. The molecule has 1 saturated carbocycles. The minimum absolute atomic E-state index is 0.0792. The van der Waals surface area contributed by atoms with Gasteiger partial charge >= 0.3 is 6.18 Å². The van der Waals surface area contributed by atoms with Gasteiger partial charge in [0, 0.05) is 17.8 Å². The summed E-state index contributed by atoms with van der Waals surface area (Å²) in [5, 5.41) is 2.96. The Morgan fingerprint density at radius 2 is 1.95 bits per heavy atom. The fraction of sp³-hybridized carbons (Fsp3) is 0.417. The molecule has 0 bridgehead atoms. The van der Waals surface area contributed by atoms with Gasteiger partial charge in [0.25, 0.3) is 0 Å². The number of rotatable bonds is 3. The first-order valence-corrected chi connectivity index (χ1v) is 5.80. The highest BCUT2D eigenvalue weighted by Gasteiger charge is 2.35. The molecule has 1 aliphatic rings. The normalized spacial score (nSPS) is 22.7. The largest absolute Gasteiger partial charge is 0.417 e. The van der Waals surface area contributed by atoms with Crippen LogP contribution in [0.1, 0.15) is 28.8 Å². The van der Waals surface area contributed by atoms with Crippen molar-refractivity contribution < 1.29 is 18.0 Å². The molecule has 5 N–H and O–H groups in total. The van der Waals surface area contributed by atoms with Crippen molar-refractivity contribution in [1.29, 1.82) is 0 Å². The van der Waals surface area contributed by atoms with E-state index in [0.29, 0.717) is 5.69 Å². The lowest BCUT2D eigenvalue weighted by atomic mass is 9.87. The summed E-state index contributed by atoms with van der Waals surface area (Å²) in [6, 6.07) is 3.59. The number of carbonyl (C=O) groups excluding carboxylic acids is 1. The maximum atomic E-state index is 12.8. The number of amides is 1. The Hall–Kier alpha value is -1.76. The van der Waals surface area contributed by atoms with Crippen molar-refractivity contribution in [1.82, 2.24) is 0 Å². The number of anilines is 1. The Morgan fingerprint density at radius 1 is 1.32 bits per heavy atom. The first-order chi connectivity index (χ1) is 8.77. The first kappa shape index (κ1) is 13.7. The van der Waals surface area contributed by atoms with Crippen LogP contribution in [-0.2, 0) is 6.18 Å². The van der Waals surface area contributed by atoms with Crippen LogP contribution >= 0.6 is 0 Å². The minimum atomic E-state index is -4.61. The Balaban J connectivity index is 2.25. The number of nitrogens with two attached hydrogens (primary N) is 2. The molecule has 0 radical (unpaired) electrons. The second kappa shape index (κ2) is 4.73. The van der Waals surface area contributed by atoms with E-state index in [1.165, 1.54) is 6.07 Å². The average molecular weight is 273 g/mol. The van der Waals surface area contributed by atoms with Crippen molar-refractivity contribution >= 4 is 11.6 Å². The topological polar surface area (TPSA) is 81.1 Å². The summed E-state index contributed by atoms with van der Waals surface area (Å²) in [4.78, 5) is 11.0. The number of hydrogen-bond acceptors (Lipinski definition) is 3. The molecule has 0 aliphatic heterocycles. The maximum Gasteiger partial charge on any atom is 0.417 e. The van der Waals surface area contributed by atoms with Gasteiger partial charge in [0.05, 0.1) is 11.1 Å². The molecule has 0 heterocycles. The molecule has 0 saturated heterocycles. The Bertz CT molecular complexity index is 495. The van der Waals surface area contributed by atoms with Crippen LogP contribution in [0.25, 0.3) is 0 Å². The van der Waals surface area contributed by atoms with Crippen molar-refractivity contribution in [2.45, 2.75) is 31.1 Å². The van der Waals surface area contributed by atoms with E-state index in [4.69, 9.17) is 11.5 Å². The fourth-order valence-corrected chi connectivity index (χ4v) is 2.10. The van der Waals surface area contributed by atoms with Crippen LogP contribution in [0.15, 0.2) is 18.2 Å². The number of primary amides is 1. The van der Waals surface area contributed by atoms with Gasteiger partial charge in [0.15, 0.2) is 0 Å². The summed E-state index contributed by atoms with van der Waals surface area (Å²) in [6.45, 7) is 0. The zero-order chi connectivity index (χ0) is 14.2. The van der Waals surface area contributed by atoms with Crippen LogP contribution in [0.3, 0.4) is 0 Å². The van der Waals surface area contributed by atoms with Gasteiger partial charge in [-0.3, -0.25) is 4.79 Å². The van der Waals surface area contributed by atoms with Crippen molar-refractivity contribution in [2.75, 3.05) is 5.32 Å². The van der Waals surface area contributed by atoms with Gasteiger partial charge in [0.1, 0.15) is 0 Å². The Kier molecular flexibility index (Phi) is 3.40. The Labute approximate surface area is 108 Å². The molecule has 2 rings (SSSR count). The molecule has 1 aromatic rings. The van der Waals surface area contributed by atoms with Crippen LogP contribution in [0, 0.1) is 0 Å². The highest BCUT2D eigenvalue weighted by molar-refractivity contribution is 5.95. The number of benzene rings is 1. The van der Waals surface area contributed by atoms with E-state index < -0.39 is 23.2 Å². The molecule has 0 spiro atoms. The van der Waals surface area contributed by atoms with E-state index in [1.807, 2.05) is 0 Å². The maximum absolute atomic E-state index is 12.8. The summed E-state index contributed by atoms with van der Waals surface area (Å²) >= 11 is 0. The van der Waals surface area contributed by atoms with E-state index in [-0.39, 0.29) is 12.1 Å². The molecule has 104 valence electrons. The van der Waals surface area contributed by atoms with Gasteiger partial charge < -0.3 is 16.8 Å². The van der Waals surface area contributed by atoms with Gasteiger partial charge in [-0.25, -0.2) is 0 Å². The molecule has 0 aromatic heterocycles. The molecular formula is C12H14F3N3O. The molecule has 19 heavy (non-hydrogen) atoms. The SMILES string of the molecule is NC(=O)c1ccc(NC2CC(N)C2)cc1C(F)(F)F. The summed E-state index contributed by atoms with van der Waals surface area (Å²) < 4.78 is 38.5. The quantitative estimate of drug-likeness (QED) is 0.784. The van der Waals surface area contributed by atoms with Crippen LogP contribution in [0.2, 0.25) is 0 Å². The van der Waals surface area contributed by atoms with Crippen molar-refractivity contribution in [3.05, 3.63) is 29.3 Å². The number of hydrogen-bond donors (Lipinski definition) is 3. The summed E-state index contributed by atoms with van der Waals surface area (Å²) in [5.74, 6) is -1.09. The van der Waals surface area contributed by atoms with Gasteiger partial charge in [-0.1, -0.05) is 0 Å². The van der Waals surface area contributed by atoms with Crippen molar-refractivity contribution in [2.24, 2.45) is 11.5 Å². The number of nitrogens with one attached hydrogen (secondary N) is 1. The number of alkyl halides is 3. The standard InChI is InChI=1S/C12H14F3N3O/c13-12(14,15)10-5-7(1-2-9(10)11(17)19)18-8-3-6(16)4-8/h1-2,5-6,8,18H,3-4,16H2,(H2,17,19). The highest BCUT2D eigenvalue weighted by Crippen LogP contribution is 2.34. The van der Waals surface area contributed by atoms with E-state index in [1.54, 1.807) is 0 Å². The third kappa shape index (κ3) is 2.98. The van der Waals surface area contributed by atoms with E-state index >= 15 is 0 Å². The van der Waals surface area contributed by atoms with E-state index in [2.05, 4.69) is 5.32 Å². The zero-order valence-corrected chi connectivity index (χ0v) is 10.00. The van der Waals surface area contributed by atoms with Crippen LogP contribution in [0.4, 0.5) is 18.9 Å². The molecule has 1 fully saturated rings. The monoisotopic (exact) mass is 273 g/mol. The van der Waals surface area contributed by atoms with Crippen molar-refractivity contribution in [3.8, 4) is 0 Å². The first-order valence-electron chi connectivity index (χ1n) is 5.80. The van der Waals surface area contributed by atoms with Gasteiger partial charge in [-0.2, -0.15) is 13.2 Å². The predicted molar refractivity (Wildman–Crippen MR) is 64.6 cm³/mol. The zero-order valence-electron chi connectivity index (χ0n) is 10.00. The summed E-state index contributed by atoms with van der Waals surface area (Å²) in [6.07, 6.45) is -3.17. The number of carbonyl (C=O) groups is 1. The summed E-state index contributed by atoms with van der Waals surface area (Å²) in [7, 11) is 0. The van der Waals surface area contributed by atoms with Gasteiger partial charge in [-0.05, 0) is 31.0 Å². The molecule has 1 aromatic carbocycles. The third-order valence-electron chi connectivity index (χ3n) is 3.14. The van der Waals surface area contributed by atoms with E-state index in [0.717, 1.165) is 25.0 Å². The van der Waals surface area contributed by atoms with Gasteiger partial charge in [0.2, 0.25) is 5.91 Å². The van der Waals surface area contributed by atoms with Crippen LogP contribution in [-0.4, -0.2) is 18.0 Å². The lowest BCUT2D eigenvalue weighted by molar-refractivity contribution is -0.137. The lowest BCUT2D eigenvalue weighted by Gasteiger charge is -2.34. The smallest absolute Gasteiger partial charge is 0.382 e. The second-order valence-corrected chi connectivity index (χ2v) is 4.70. The summed E-state index contributed by atoms with van der Waals surface area (Å²) in [5.41, 5.74) is 9.32. The third-order valence-corrected chi connectivity index (χ3v) is 3.14.